The van der Waals surface area contributed by atoms with Crippen molar-refractivity contribution in [1.82, 2.24) is 10.6 Å². The molecule has 1 aromatic heterocycles. The molecule has 3 N–H and O–H groups in total. The van der Waals surface area contributed by atoms with Crippen LogP contribution in [0.25, 0.3) is 0 Å². The van der Waals surface area contributed by atoms with Crippen molar-refractivity contribution in [3.8, 4) is 0 Å². The topological polar surface area (TPSA) is 56.7 Å². The molecule has 0 spiro atoms. The number of guanidine groups is 1. The molecule has 0 aliphatic carbocycles. The summed E-state index contributed by atoms with van der Waals surface area (Å²) in [4.78, 5) is 5.36. The molecule has 2 rings (SSSR count). The van der Waals surface area contributed by atoms with Crippen LogP contribution in [0.2, 0.25) is 0 Å². The van der Waals surface area contributed by atoms with Gasteiger partial charge in [0.15, 0.2) is 5.96 Å². The van der Waals surface area contributed by atoms with Crippen LogP contribution in [0.4, 0.5) is 4.39 Å². The molecule has 0 aliphatic rings. The first-order valence-corrected chi connectivity index (χ1v) is 7.46. The number of rotatable bonds is 5. The van der Waals surface area contributed by atoms with E-state index in [9.17, 15) is 4.39 Å². The van der Waals surface area contributed by atoms with Crippen molar-refractivity contribution in [3.05, 3.63) is 57.5 Å². The molecular weight excluding hydrogens is 289 g/mol. The van der Waals surface area contributed by atoms with Gasteiger partial charge in [0.1, 0.15) is 5.82 Å². The van der Waals surface area contributed by atoms with Gasteiger partial charge in [-0.05, 0) is 29.1 Å². The zero-order valence-corrected chi connectivity index (χ0v) is 12.6. The van der Waals surface area contributed by atoms with Gasteiger partial charge in [0.05, 0.1) is 13.2 Å². The minimum atomic E-state index is -0.388. The first kappa shape index (κ1) is 15.5. The minimum absolute atomic E-state index is 0.301. The van der Waals surface area contributed by atoms with Crippen LogP contribution in [0.1, 0.15) is 16.0 Å². The average molecular weight is 307 g/mol. The number of nitrogens with one attached hydrogen (secondary N) is 2. The normalized spacial score (nSPS) is 11.5. The van der Waals surface area contributed by atoms with E-state index in [4.69, 9.17) is 5.11 Å². The van der Waals surface area contributed by atoms with Crippen molar-refractivity contribution >= 4 is 17.3 Å². The molecule has 112 valence electrons. The summed E-state index contributed by atoms with van der Waals surface area (Å²) >= 11 is 1.68. The van der Waals surface area contributed by atoms with Crippen LogP contribution in [-0.2, 0) is 19.7 Å². The van der Waals surface area contributed by atoms with E-state index >= 15 is 0 Å². The summed E-state index contributed by atoms with van der Waals surface area (Å²) in [7, 11) is 1.70. The maximum Gasteiger partial charge on any atom is 0.191 e. The van der Waals surface area contributed by atoms with Crippen molar-refractivity contribution in [2.75, 3.05) is 7.05 Å². The number of hydrogen-bond acceptors (Lipinski definition) is 3. The SMILES string of the molecule is CN=C(NCc1ccc(F)c(CO)c1)NCc1cccs1. The van der Waals surface area contributed by atoms with E-state index in [2.05, 4.69) is 21.7 Å². The van der Waals surface area contributed by atoms with Gasteiger partial charge in [-0.15, -0.1) is 11.3 Å². The molecule has 1 aromatic carbocycles. The van der Waals surface area contributed by atoms with Gasteiger partial charge < -0.3 is 15.7 Å². The van der Waals surface area contributed by atoms with Gasteiger partial charge in [-0.2, -0.15) is 0 Å². The fraction of sp³-hybridized carbons (Fsp3) is 0.267. The standard InChI is InChI=1S/C15H18FN3OS/c1-17-15(19-9-13-3-2-6-21-13)18-8-11-4-5-14(16)12(7-11)10-20/h2-7,20H,8-10H2,1H3,(H2,17,18,19). The van der Waals surface area contributed by atoms with E-state index in [-0.39, 0.29) is 12.4 Å². The predicted molar refractivity (Wildman–Crippen MR) is 83.7 cm³/mol. The number of benzene rings is 1. The van der Waals surface area contributed by atoms with Crippen LogP contribution in [0, 0.1) is 5.82 Å². The zero-order valence-electron chi connectivity index (χ0n) is 11.8. The largest absolute Gasteiger partial charge is 0.392 e. The van der Waals surface area contributed by atoms with Gasteiger partial charge in [0.25, 0.3) is 0 Å². The number of nitrogens with zero attached hydrogens (tertiary/aromatic N) is 1. The lowest BCUT2D eigenvalue weighted by atomic mass is 10.1. The molecule has 0 bridgehead atoms. The Morgan fingerprint density at radius 2 is 2.10 bits per heavy atom. The highest BCUT2D eigenvalue weighted by atomic mass is 32.1. The molecule has 6 heteroatoms. The second-order valence-electron chi connectivity index (χ2n) is 4.44. The molecule has 21 heavy (non-hydrogen) atoms. The van der Waals surface area contributed by atoms with Crippen LogP contribution in [0.3, 0.4) is 0 Å². The molecule has 1 heterocycles. The Morgan fingerprint density at radius 3 is 2.76 bits per heavy atom. The first-order valence-electron chi connectivity index (χ1n) is 6.58. The highest BCUT2D eigenvalue weighted by Gasteiger charge is 2.04. The van der Waals surface area contributed by atoms with Gasteiger partial charge in [-0.3, -0.25) is 4.99 Å². The zero-order chi connectivity index (χ0) is 15.1. The average Bonchev–Trinajstić information content (AvgIpc) is 3.02. The van der Waals surface area contributed by atoms with Crippen molar-refractivity contribution in [2.24, 2.45) is 4.99 Å². The predicted octanol–water partition coefficient (Wildman–Crippen LogP) is 2.24. The highest BCUT2D eigenvalue weighted by molar-refractivity contribution is 7.09. The molecule has 4 nitrogen and oxygen atoms in total. The van der Waals surface area contributed by atoms with Gasteiger partial charge in [0.2, 0.25) is 0 Å². The molecule has 0 saturated carbocycles. The smallest absolute Gasteiger partial charge is 0.191 e. The molecule has 0 fully saturated rings. The fourth-order valence-corrected chi connectivity index (χ4v) is 2.49. The van der Waals surface area contributed by atoms with E-state index in [1.165, 1.54) is 10.9 Å². The minimum Gasteiger partial charge on any atom is -0.392 e. The number of halogens is 1. The molecule has 0 saturated heterocycles. The Kier molecular flexibility index (Phi) is 5.71. The maximum atomic E-state index is 13.3. The summed E-state index contributed by atoms with van der Waals surface area (Å²) in [6.45, 7) is 0.922. The van der Waals surface area contributed by atoms with Crippen LogP contribution >= 0.6 is 11.3 Å². The summed E-state index contributed by atoms with van der Waals surface area (Å²) in [6.07, 6.45) is 0. The lowest BCUT2D eigenvalue weighted by Crippen LogP contribution is -2.36. The lowest BCUT2D eigenvalue weighted by molar-refractivity contribution is 0.275. The second-order valence-corrected chi connectivity index (χ2v) is 5.47. The third-order valence-electron chi connectivity index (χ3n) is 2.97. The van der Waals surface area contributed by atoms with Crippen LogP contribution < -0.4 is 10.6 Å². The molecule has 0 amide bonds. The van der Waals surface area contributed by atoms with E-state index in [0.29, 0.717) is 24.6 Å². The Balaban J connectivity index is 1.88. The van der Waals surface area contributed by atoms with Crippen LogP contribution in [0.15, 0.2) is 40.7 Å². The van der Waals surface area contributed by atoms with E-state index in [0.717, 1.165) is 5.56 Å². The van der Waals surface area contributed by atoms with Crippen molar-refractivity contribution in [2.45, 2.75) is 19.7 Å². The maximum absolute atomic E-state index is 13.3. The molecule has 0 unspecified atom stereocenters. The monoisotopic (exact) mass is 307 g/mol. The van der Waals surface area contributed by atoms with E-state index in [1.54, 1.807) is 30.5 Å². The quantitative estimate of drug-likeness (QED) is 0.586. The summed E-state index contributed by atoms with van der Waals surface area (Å²) < 4.78 is 13.3. The van der Waals surface area contributed by atoms with Crippen molar-refractivity contribution in [1.29, 1.82) is 0 Å². The number of aliphatic hydroxyl groups excluding tert-OH is 1. The van der Waals surface area contributed by atoms with Gasteiger partial charge in [0, 0.05) is 24.0 Å². The highest BCUT2D eigenvalue weighted by Crippen LogP contribution is 2.10. The second kappa shape index (κ2) is 7.75. The van der Waals surface area contributed by atoms with Crippen LogP contribution in [-0.4, -0.2) is 18.1 Å². The number of aliphatic hydroxyl groups is 1. The fourth-order valence-electron chi connectivity index (χ4n) is 1.85. The molecule has 0 aliphatic heterocycles. The third kappa shape index (κ3) is 4.54. The number of thiophene rings is 1. The molecule has 2 aromatic rings. The Bertz CT molecular complexity index is 599. The van der Waals surface area contributed by atoms with Gasteiger partial charge >= 0.3 is 0 Å². The third-order valence-corrected chi connectivity index (χ3v) is 3.85. The summed E-state index contributed by atoms with van der Waals surface area (Å²) in [5.74, 6) is 0.291. The number of aliphatic imine (C=N–C) groups is 1. The van der Waals surface area contributed by atoms with Crippen LogP contribution in [0.5, 0.6) is 0 Å². The first-order chi connectivity index (χ1) is 10.2. The number of hydrogen-bond donors (Lipinski definition) is 3. The summed E-state index contributed by atoms with van der Waals surface area (Å²) in [6, 6.07) is 8.76. The molecule has 0 atom stereocenters. The van der Waals surface area contributed by atoms with Gasteiger partial charge in [-0.1, -0.05) is 12.1 Å². The van der Waals surface area contributed by atoms with Crippen molar-refractivity contribution < 1.29 is 9.50 Å². The Hall–Kier alpha value is -1.92. The van der Waals surface area contributed by atoms with Crippen molar-refractivity contribution in [3.63, 3.8) is 0 Å². The molecular formula is C15H18FN3OS. The Morgan fingerprint density at radius 1 is 1.29 bits per heavy atom. The van der Waals surface area contributed by atoms with Gasteiger partial charge in [-0.25, -0.2) is 4.39 Å². The molecule has 0 radical (unpaired) electrons. The lowest BCUT2D eigenvalue weighted by Gasteiger charge is -2.12. The summed E-state index contributed by atoms with van der Waals surface area (Å²) in [5.41, 5.74) is 1.19. The van der Waals surface area contributed by atoms with E-state index in [1.807, 2.05) is 11.4 Å². The summed E-state index contributed by atoms with van der Waals surface area (Å²) in [5, 5.41) is 17.5. The van der Waals surface area contributed by atoms with E-state index < -0.39 is 0 Å². The Labute approximate surface area is 127 Å².